The van der Waals surface area contributed by atoms with Crippen molar-refractivity contribution in [3.63, 3.8) is 0 Å². The molecule has 0 aliphatic carbocycles. The maximum atomic E-state index is 3.78. The molecule has 0 aliphatic rings. The molecule has 1 aromatic heterocycles. The highest BCUT2D eigenvalue weighted by molar-refractivity contribution is 9.09. The number of nitrogens with zero attached hydrogens (tertiary/aromatic N) is 2. The van der Waals surface area contributed by atoms with Gasteiger partial charge >= 0.3 is 0 Å². The summed E-state index contributed by atoms with van der Waals surface area (Å²) in [6.45, 7) is 5.82. The third-order valence-electron chi connectivity index (χ3n) is 4.22. The van der Waals surface area contributed by atoms with E-state index < -0.39 is 0 Å². The molecule has 24 heavy (non-hydrogen) atoms. The van der Waals surface area contributed by atoms with Crippen LogP contribution in [0.4, 0.5) is 0 Å². The first kappa shape index (κ1) is 23.4. The van der Waals surface area contributed by atoms with Gasteiger partial charge < -0.3 is 4.57 Å². The molecule has 1 heterocycles. The molecule has 1 aromatic rings. The van der Waals surface area contributed by atoms with Crippen molar-refractivity contribution in [1.29, 1.82) is 0 Å². The Bertz CT molecular complexity index is 322. The summed E-state index contributed by atoms with van der Waals surface area (Å²) in [5.41, 5.74) is 0. The van der Waals surface area contributed by atoms with Crippen LogP contribution in [0.15, 0.2) is 25.3 Å². The van der Waals surface area contributed by atoms with Gasteiger partial charge in [0.05, 0.1) is 6.33 Å². The van der Waals surface area contributed by atoms with Gasteiger partial charge in [-0.25, -0.2) is 4.98 Å². The summed E-state index contributed by atoms with van der Waals surface area (Å²) in [6.07, 6.45) is 27.2. The van der Waals surface area contributed by atoms with Crippen molar-refractivity contribution < 1.29 is 0 Å². The van der Waals surface area contributed by atoms with Crippen molar-refractivity contribution >= 4 is 22.1 Å². The highest BCUT2D eigenvalue weighted by Crippen LogP contribution is 2.12. The highest BCUT2D eigenvalue weighted by Gasteiger charge is 1.93. The number of rotatable bonds is 15. The molecule has 0 atom stereocenters. The Hall–Kier alpha value is -0.570. The van der Waals surface area contributed by atoms with Gasteiger partial charge in [0.15, 0.2) is 0 Å². The van der Waals surface area contributed by atoms with Gasteiger partial charge in [0, 0.05) is 23.9 Å². The lowest BCUT2D eigenvalue weighted by Gasteiger charge is -2.02. The maximum absolute atomic E-state index is 3.78. The summed E-state index contributed by atoms with van der Waals surface area (Å²) in [6, 6.07) is 0. The molecule has 0 aromatic carbocycles. The molecule has 0 unspecified atom stereocenters. The number of halogens is 1. The summed E-state index contributed by atoms with van der Waals surface area (Å²) in [4.78, 5) is 3.78. The van der Waals surface area contributed by atoms with Gasteiger partial charge in [-0.1, -0.05) is 113 Å². The van der Waals surface area contributed by atoms with Crippen molar-refractivity contribution in [2.45, 2.75) is 96.8 Å². The summed E-state index contributed by atoms with van der Waals surface area (Å²) in [7, 11) is 0. The van der Waals surface area contributed by atoms with Gasteiger partial charge in [0.2, 0.25) is 0 Å². The minimum atomic E-state index is 1.19. The molecule has 0 N–H and O–H groups in total. The zero-order valence-corrected chi connectivity index (χ0v) is 17.5. The van der Waals surface area contributed by atoms with E-state index in [0.29, 0.717) is 0 Å². The third-order valence-corrected chi connectivity index (χ3v) is 4.78. The molecule has 0 bridgehead atoms. The molecule has 1 rings (SSSR count). The van der Waals surface area contributed by atoms with Crippen LogP contribution in [-0.4, -0.2) is 14.9 Å². The van der Waals surface area contributed by atoms with Crippen LogP contribution in [-0.2, 0) is 0 Å². The van der Waals surface area contributed by atoms with Gasteiger partial charge in [0.25, 0.3) is 0 Å². The number of hydrogen-bond donors (Lipinski definition) is 0. The predicted molar refractivity (Wildman–Crippen MR) is 113 cm³/mol. The number of aromatic nitrogens is 2. The Morgan fingerprint density at radius 3 is 1.58 bits per heavy atom. The maximum Gasteiger partial charge on any atom is 0.0986 e. The Labute approximate surface area is 159 Å². The number of hydrogen-bond acceptors (Lipinski definition) is 1. The molecule has 0 fully saturated rings. The second-order valence-corrected chi connectivity index (χ2v) is 7.27. The van der Waals surface area contributed by atoms with Gasteiger partial charge in [-0.05, 0) is 6.42 Å². The quantitative estimate of drug-likeness (QED) is 0.217. The molecule has 0 saturated carbocycles. The van der Waals surface area contributed by atoms with Crippen LogP contribution in [0, 0.1) is 0 Å². The molecule has 140 valence electrons. The average molecular weight is 399 g/mol. The van der Waals surface area contributed by atoms with Crippen molar-refractivity contribution in [3.8, 4) is 0 Å². The minimum absolute atomic E-state index is 1.19. The van der Waals surface area contributed by atoms with Crippen molar-refractivity contribution in [2.75, 3.05) is 5.33 Å². The van der Waals surface area contributed by atoms with Crippen LogP contribution in [0.25, 0.3) is 6.20 Å². The van der Waals surface area contributed by atoms with Crippen LogP contribution in [0.2, 0.25) is 0 Å². The second kappa shape index (κ2) is 20.5. The number of alkyl halides is 1. The smallest absolute Gasteiger partial charge is 0.0986 e. The average Bonchev–Trinajstić information content (AvgIpc) is 3.13. The van der Waals surface area contributed by atoms with E-state index in [0.717, 1.165) is 0 Å². The van der Waals surface area contributed by atoms with E-state index in [1.54, 1.807) is 23.3 Å². The first-order chi connectivity index (χ1) is 11.8. The Balaban J connectivity index is 0.000000620. The Kier molecular flexibility index (Phi) is 20.0. The van der Waals surface area contributed by atoms with E-state index in [1.807, 2.05) is 6.20 Å². The van der Waals surface area contributed by atoms with E-state index in [-0.39, 0.29) is 0 Å². The predicted octanol–water partition coefficient (Wildman–Crippen LogP) is 7.85. The van der Waals surface area contributed by atoms with Crippen LogP contribution in [0.3, 0.4) is 0 Å². The normalized spacial score (nSPS) is 10.2. The number of imidazole rings is 1. The lowest BCUT2D eigenvalue weighted by Crippen LogP contribution is -1.83. The van der Waals surface area contributed by atoms with Crippen molar-refractivity contribution in [1.82, 2.24) is 9.55 Å². The summed E-state index contributed by atoms with van der Waals surface area (Å²) < 4.78 is 1.78. The molecule has 0 amide bonds. The lowest BCUT2D eigenvalue weighted by molar-refractivity contribution is 0.538. The highest BCUT2D eigenvalue weighted by atomic mass is 79.9. The molecule has 0 radical (unpaired) electrons. The standard InChI is InChI=1S/C16H33Br.C5H6N2/c1-2-3-4-5-6-7-8-9-10-11-12-13-14-15-16-17;1-2-7-4-3-6-5-7/h2-16H2,1H3;2-5H,1H2. The molecule has 2 nitrogen and oxygen atoms in total. The van der Waals surface area contributed by atoms with Crippen LogP contribution < -0.4 is 0 Å². The van der Waals surface area contributed by atoms with Gasteiger partial charge in [-0.2, -0.15) is 0 Å². The fourth-order valence-electron chi connectivity index (χ4n) is 2.67. The number of unbranched alkanes of at least 4 members (excludes halogenated alkanes) is 13. The molecule has 0 spiro atoms. The van der Waals surface area contributed by atoms with Gasteiger partial charge in [0.1, 0.15) is 0 Å². The van der Waals surface area contributed by atoms with E-state index in [4.69, 9.17) is 0 Å². The van der Waals surface area contributed by atoms with E-state index in [9.17, 15) is 0 Å². The van der Waals surface area contributed by atoms with E-state index in [2.05, 4.69) is 34.4 Å². The Morgan fingerprint density at radius 1 is 0.833 bits per heavy atom. The van der Waals surface area contributed by atoms with Crippen LogP contribution >= 0.6 is 15.9 Å². The molecular formula is C21H39BrN2. The largest absolute Gasteiger partial charge is 0.314 e. The van der Waals surface area contributed by atoms with Crippen LogP contribution in [0.5, 0.6) is 0 Å². The van der Waals surface area contributed by atoms with E-state index >= 15 is 0 Å². The first-order valence-electron chi connectivity index (χ1n) is 10.0. The van der Waals surface area contributed by atoms with Crippen LogP contribution in [0.1, 0.15) is 96.8 Å². The second-order valence-electron chi connectivity index (χ2n) is 6.48. The topological polar surface area (TPSA) is 17.8 Å². The Morgan fingerprint density at radius 2 is 1.29 bits per heavy atom. The van der Waals surface area contributed by atoms with Gasteiger partial charge in [-0.3, -0.25) is 0 Å². The summed E-state index contributed by atoms with van der Waals surface area (Å²) in [5, 5.41) is 1.19. The van der Waals surface area contributed by atoms with E-state index in [1.165, 1.54) is 95.2 Å². The van der Waals surface area contributed by atoms with Crippen molar-refractivity contribution in [3.05, 3.63) is 25.3 Å². The fourth-order valence-corrected chi connectivity index (χ4v) is 3.06. The molecular weight excluding hydrogens is 360 g/mol. The first-order valence-corrected chi connectivity index (χ1v) is 11.1. The SMILES string of the molecule is C=Cn1ccnc1.CCCCCCCCCCCCCCCCBr. The van der Waals surface area contributed by atoms with Gasteiger partial charge in [-0.15, -0.1) is 0 Å². The minimum Gasteiger partial charge on any atom is -0.314 e. The fraction of sp³-hybridized carbons (Fsp3) is 0.762. The lowest BCUT2D eigenvalue weighted by atomic mass is 10.0. The third kappa shape index (κ3) is 17.8. The monoisotopic (exact) mass is 398 g/mol. The summed E-state index contributed by atoms with van der Waals surface area (Å²) >= 11 is 3.48. The zero-order chi connectivity index (χ0) is 17.7. The summed E-state index contributed by atoms with van der Waals surface area (Å²) in [5.74, 6) is 0. The zero-order valence-electron chi connectivity index (χ0n) is 15.9. The molecule has 3 heteroatoms. The molecule has 0 aliphatic heterocycles. The molecule has 0 saturated heterocycles. The van der Waals surface area contributed by atoms with Crippen molar-refractivity contribution in [2.24, 2.45) is 0 Å².